The quantitative estimate of drug-likeness (QED) is 0.701. The molecule has 0 aliphatic carbocycles. The van der Waals surface area contributed by atoms with Gasteiger partial charge in [-0.3, -0.25) is 14.5 Å². The maximum Gasteiger partial charge on any atom is 0.323 e. The van der Waals surface area contributed by atoms with Crippen LogP contribution in [0, 0.1) is 0 Å². The predicted octanol–water partition coefficient (Wildman–Crippen LogP) is 3.25. The Morgan fingerprint density at radius 3 is 2.76 bits per heavy atom. The van der Waals surface area contributed by atoms with Crippen molar-refractivity contribution >= 4 is 29.2 Å². The highest BCUT2D eigenvalue weighted by atomic mass is 35.5. The Kier molecular flexibility index (Phi) is 5.69. The topological polar surface area (TPSA) is 75.3 Å². The normalized spacial score (nSPS) is 22.0. The first-order valence-electron chi connectivity index (χ1n) is 9.57. The largest absolute Gasteiger partial charge is 0.468 e. The first-order valence-corrected chi connectivity index (χ1v) is 9.95. The second-order valence-electron chi connectivity index (χ2n) is 7.18. The lowest BCUT2D eigenvalue weighted by Crippen LogP contribution is -2.43. The molecule has 1 aromatic heterocycles. The Balaban J connectivity index is 1.57. The predicted molar refractivity (Wildman–Crippen MR) is 108 cm³/mol. The van der Waals surface area contributed by atoms with Gasteiger partial charge in [0.25, 0.3) is 5.91 Å². The Morgan fingerprint density at radius 2 is 2.07 bits per heavy atom. The number of hydrazone groups is 1. The van der Waals surface area contributed by atoms with Crippen LogP contribution in [-0.2, 0) is 14.3 Å². The fraction of sp³-hybridized carbons (Fsp3) is 0.381. The van der Waals surface area contributed by atoms with Gasteiger partial charge in [-0.1, -0.05) is 23.7 Å². The molecule has 1 amide bonds. The van der Waals surface area contributed by atoms with Gasteiger partial charge < -0.3 is 9.15 Å². The molecule has 1 aromatic carbocycles. The molecule has 2 aliphatic rings. The number of likely N-dealkylation sites (tertiary alicyclic amines) is 1. The van der Waals surface area contributed by atoms with E-state index in [1.807, 2.05) is 23.1 Å². The van der Waals surface area contributed by atoms with Gasteiger partial charge in [0, 0.05) is 11.4 Å². The Labute approximate surface area is 173 Å². The molecule has 152 valence electrons. The van der Waals surface area contributed by atoms with Gasteiger partial charge in [-0.15, -0.1) is 0 Å². The third kappa shape index (κ3) is 4.06. The second kappa shape index (κ2) is 8.39. The summed E-state index contributed by atoms with van der Waals surface area (Å²) in [5.74, 6) is 0.202. The molecule has 2 unspecified atom stereocenters. The molecule has 8 heteroatoms. The number of carbonyl (C=O) groups excluding carboxylic acids is 2. The van der Waals surface area contributed by atoms with Gasteiger partial charge in [-0.05, 0) is 49.2 Å². The van der Waals surface area contributed by atoms with Gasteiger partial charge in [0.15, 0.2) is 0 Å². The molecule has 7 nitrogen and oxygen atoms in total. The van der Waals surface area contributed by atoms with Crippen LogP contribution in [0.2, 0.25) is 5.02 Å². The molecule has 3 heterocycles. The molecule has 0 radical (unpaired) electrons. The zero-order valence-electron chi connectivity index (χ0n) is 16.1. The number of benzene rings is 1. The molecule has 0 saturated carbocycles. The van der Waals surface area contributed by atoms with Crippen LogP contribution in [0.3, 0.4) is 0 Å². The third-order valence-corrected chi connectivity index (χ3v) is 5.64. The van der Waals surface area contributed by atoms with Crippen LogP contribution < -0.4 is 0 Å². The van der Waals surface area contributed by atoms with Crippen LogP contribution >= 0.6 is 11.6 Å². The minimum Gasteiger partial charge on any atom is -0.468 e. The highest BCUT2D eigenvalue weighted by Crippen LogP contribution is 2.33. The van der Waals surface area contributed by atoms with E-state index in [0.717, 1.165) is 17.7 Å². The van der Waals surface area contributed by atoms with E-state index in [9.17, 15) is 9.59 Å². The number of halogens is 1. The summed E-state index contributed by atoms with van der Waals surface area (Å²) in [6, 6.07) is 10.3. The number of carbonyl (C=O) groups is 2. The van der Waals surface area contributed by atoms with E-state index >= 15 is 0 Å². The fourth-order valence-electron chi connectivity index (χ4n) is 3.92. The molecular formula is C21H22ClN3O4. The summed E-state index contributed by atoms with van der Waals surface area (Å²) in [5, 5.41) is 6.74. The molecule has 0 N–H and O–H groups in total. The summed E-state index contributed by atoms with van der Waals surface area (Å²) in [4.78, 5) is 27.0. The number of amides is 1. The zero-order chi connectivity index (χ0) is 20.4. The van der Waals surface area contributed by atoms with Gasteiger partial charge in [0.05, 0.1) is 25.6 Å². The molecule has 0 bridgehead atoms. The highest BCUT2D eigenvalue weighted by molar-refractivity contribution is 6.30. The lowest BCUT2D eigenvalue weighted by Gasteiger charge is -2.25. The summed E-state index contributed by atoms with van der Waals surface area (Å²) in [6.07, 6.45) is 3.68. The number of rotatable bonds is 5. The number of hydrogen-bond donors (Lipinski definition) is 0. The van der Waals surface area contributed by atoms with Crippen molar-refractivity contribution in [1.82, 2.24) is 9.91 Å². The molecule has 29 heavy (non-hydrogen) atoms. The number of furan rings is 1. The van der Waals surface area contributed by atoms with E-state index in [2.05, 4.69) is 5.10 Å². The number of nitrogens with zero attached hydrogens (tertiary/aromatic N) is 3. The molecule has 2 aliphatic heterocycles. The van der Waals surface area contributed by atoms with Crippen molar-refractivity contribution in [2.75, 3.05) is 20.2 Å². The van der Waals surface area contributed by atoms with Crippen molar-refractivity contribution in [3.05, 3.63) is 59.0 Å². The van der Waals surface area contributed by atoms with Gasteiger partial charge >= 0.3 is 5.97 Å². The first kappa shape index (κ1) is 19.7. The second-order valence-corrected chi connectivity index (χ2v) is 7.62. The lowest BCUT2D eigenvalue weighted by molar-refractivity contribution is -0.147. The van der Waals surface area contributed by atoms with Crippen LogP contribution in [0.1, 0.15) is 36.6 Å². The Morgan fingerprint density at radius 1 is 1.28 bits per heavy atom. The van der Waals surface area contributed by atoms with Crippen molar-refractivity contribution in [3.8, 4) is 0 Å². The average molecular weight is 416 g/mol. The zero-order valence-corrected chi connectivity index (χ0v) is 16.8. The Bertz CT molecular complexity index is 911. The van der Waals surface area contributed by atoms with Gasteiger partial charge in [-0.25, -0.2) is 5.01 Å². The molecule has 2 aromatic rings. The summed E-state index contributed by atoms with van der Waals surface area (Å²) in [5.41, 5.74) is 1.71. The van der Waals surface area contributed by atoms with Crippen LogP contribution in [0.15, 0.2) is 52.2 Å². The van der Waals surface area contributed by atoms with Gasteiger partial charge in [0.2, 0.25) is 0 Å². The summed E-state index contributed by atoms with van der Waals surface area (Å²) in [7, 11) is 1.37. The average Bonchev–Trinajstić information content (AvgIpc) is 3.47. The number of methoxy groups -OCH3 is 1. The Hall–Kier alpha value is -2.64. The van der Waals surface area contributed by atoms with Crippen LogP contribution in [0.4, 0.5) is 0 Å². The lowest BCUT2D eigenvalue weighted by atomic mass is 10.0. The molecule has 1 saturated heterocycles. The van der Waals surface area contributed by atoms with Gasteiger partial charge in [-0.2, -0.15) is 5.10 Å². The molecule has 2 atom stereocenters. The van der Waals surface area contributed by atoms with Gasteiger partial charge in [0.1, 0.15) is 17.8 Å². The third-order valence-electron chi connectivity index (χ3n) is 5.39. The molecule has 0 spiro atoms. The minimum absolute atomic E-state index is 0.106. The number of esters is 1. The van der Waals surface area contributed by atoms with Crippen LogP contribution in [0.25, 0.3) is 0 Å². The van der Waals surface area contributed by atoms with E-state index in [1.54, 1.807) is 24.5 Å². The standard InChI is InChI=1S/C21H22ClN3O4/c1-28-21(27)17-4-2-10-24(17)13-20(26)25-18(19-5-3-11-29-19)12-16(23-25)14-6-8-15(22)9-7-14/h3,5-9,11,17-18H,2,4,10,12-13H2,1H3. The molecule has 1 fully saturated rings. The van der Waals surface area contributed by atoms with E-state index in [4.69, 9.17) is 20.8 Å². The summed E-state index contributed by atoms with van der Waals surface area (Å²) in [6.45, 7) is 0.785. The number of hydrogen-bond acceptors (Lipinski definition) is 6. The van der Waals surface area contributed by atoms with Crippen molar-refractivity contribution in [3.63, 3.8) is 0 Å². The maximum absolute atomic E-state index is 13.2. The van der Waals surface area contributed by atoms with Crippen LogP contribution in [0.5, 0.6) is 0 Å². The van der Waals surface area contributed by atoms with Crippen LogP contribution in [-0.4, -0.2) is 53.7 Å². The first-order chi connectivity index (χ1) is 14.1. The number of ether oxygens (including phenoxy) is 1. The fourth-order valence-corrected chi connectivity index (χ4v) is 4.05. The molecule has 4 rings (SSSR count). The monoisotopic (exact) mass is 415 g/mol. The molecular weight excluding hydrogens is 394 g/mol. The SMILES string of the molecule is COC(=O)C1CCCN1CC(=O)N1N=C(c2ccc(Cl)cc2)CC1c1ccco1. The smallest absolute Gasteiger partial charge is 0.323 e. The maximum atomic E-state index is 13.2. The van der Waals surface area contributed by atoms with Crippen molar-refractivity contribution in [2.45, 2.75) is 31.3 Å². The van der Waals surface area contributed by atoms with Crippen molar-refractivity contribution in [1.29, 1.82) is 0 Å². The van der Waals surface area contributed by atoms with E-state index in [1.165, 1.54) is 12.1 Å². The van der Waals surface area contributed by atoms with E-state index < -0.39 is 0 Å². The van der Waals surface area contributed by atoms with E-state index in [-0.39, 0.29) is 30.5 Å². The summed E-state index contributed by atoms with van der Waals surface area (Å²) >= 11 is 5.99. The van der Waals surface area contributed by atoms with Crippen molar-refractivity contribution < 1.29 is 18.7 Å². The van der Waals surface area contributed by atoms with E-state index in [0.29, 0.717) is 30.2 Å². The highest BCUT2D eigenvalue weighted by Gasteiger charge is 2.38. The summed E-state index contributed by atoms with van der Waals surface area (Å²) < 4.78 is 10.4. The minimum atomic E-state index is -0.381. The van der Waals surface area contributed by atoms with Crippen molar-refractivity contribution in [2.24, 2.45) is 5.10 Å².